The van der Waals surface area contributed by atoms with Gasteiger partial charge in [0.15, 0.2) is 6.61 Å². The molecule has 1 amide bonds. The Kier molecular flexibility index (Phi) is 5.46. The Bertz CT molecular complexity index is 690. The van der Waals surface area contributed by atoms with E-state index in [1.165, 1.54) is 12.1 Å². The topological polar surface area (TPSA) is 38.3 Å². The largest absolute Gasteiger partial charge is 0.483 e. The van der Waals surface area contributed by atoms with Crippen LogP contribution in [0.1, 0.15) is 10.1 Å². The third-order valence-corrected chi connectivity index (χ3v) is 6.37. The summed E-state index contributed by atoms with van der Waals surface area (Å²) in [6.45, 7) is -0.145. The molecule has 1 fully saturated rings. The predicted molar refractivity (Wildman–Crippen MR) is 94.6 cm³/mol. The first-order valence-corrected chi connectivity index (χ1v) is 9.33. The van der Waals surface area contributed by atoms with Crippen LogP contribution in [0, 0.1) is 5.82 Å². The molecule has 2 aromatic carbocycles. The molecule has 0 atom stereocenters. The van der Waals surface area contributed by atoms with E-state index in [0.29, 0.717) is 10.3 Å². The van der Waals surface area contributed by atoms with Crippen molar-refractivity contribution in [2.45, 2.75) is 4.58 Å². The van der Waals surface area contributed by atoms with Gasteiger partial charge in [-0.1, -0.05) is 30.3 Å². The Hall–Kier alpha value is -1.66. The molecular formula is C17H16FNO2S2. The molecule has 0 aliphatic carbocycles. The van der Waals surface area contributed by atoms with Gasteiger partial charge >= 0.3 is 0 Å². The molecule has 3 nitrogen and oxygen atoms in total. The predicted octanol–water partition coefficient (Wildman–Crippen LogP) is 4.32. The lowest BCUT2D eigenvalue weighted by molar-refractivity contribution is -0.118. The summed E-state index contributed by atoms with van der Waals surface area (Å²) in [5, 5.41) is 2.52. The van der Waals surface area contributed by atoms with Gasteiger partial charge in [0.25, 0.3) is 5.91 Å². The lowest BCUT2D eigenvalue weighted by Gasteiger charge is -2.15. The van der Waals surface area contributed by atoms with Crippen LogP contribution in [-0.4, -0.2) is 24.0 Å². The number of halogens is 1. The molecule has 1 saturated heterocycles. The number of hydrogen-bond acceptors (Lipinski definition) is 4. The van der Waals surface area contributed by atoms with Gasteiger partial charge in [-0.3, -0.25) is 4.79 Å². The van der Waals surface area contributed by atoms with Gasteiger partial charge in [-0.2, -0.15) is 0 Å². The molecule has 3 rings (SSSR count). The molecule has 0 saturated carbocycles. The minimum Gasteiger partial charge on any atom is -0.483 e. The number of rotatable bonds is 5. The van der Waals surface area contributed by atoms with Crippen LogP contribution in [0.5, 0.6) is 5.75 Å². The normalized spacial score (nSPS) is 14.7. The number of benzene rings is 2. The highest BCUT2D eigenvalue weighted by Gasteiger charge is 2.21. The lowest BCUT2D eigenvalue weighted by atomic mass is 10.2. The highest BCUT2D eigenvalue weighted by Crippen LogP contribution is 2.48. The number of hydrogen-bond donors (Lipinski definition) is 1. The van der Waals surface area contributed by atoms with Crippen molar-refractivity contribution in [3.05, 3.63) is 59.9 Å². The number of nitrogens with one attached hydrogen (secondary N) is 1. The summed E-state index contributed by atoms with van der Waals surface area (Å²) >= 11 is 3.76. The summed E-state index contributed by atoms with van der Waals surface area (Å²) in [6, 6.07) is 13.8. The Balaban J connectivity index is 1.62. The number of para-hydroxylation sites is 2. The molecule has 1 aliphatic heterocycles. The maximum atomic E-state index is 13.5. The van der Waals surface area contributed by atoms with Crippen LogP contribution >= 0.6 is 23.5 Å². The van der Waals surface area contributed by atoms with Crippen LogP contribution < -0.4 is 10.1 Å². The summed E-state index contributed by atoms with van der Waals surface area (Å²) in [7, 11) is 0. The van der Waals surface area contributed by atoms with Gasteiger partial charge in [0.05, 0.1) is 10.3 Å². The van der Waals surface area contributed by atoms with E-state index >= 15 is 0 Å². The van der Waals surface area contributed by atoms with E-state index in [1.54, 1.807) is 12.1 Å². The Labute approximate surface area is 143 Å². The smallest absolute Gasteiger partial charge is 0.262 e. The first-order chi connectivity index (χ1) is 11.2. The fraction of sp³-hybridized carbons (Fsp3) is 0.235. The average Bonchev–Trinajstić information content (AvgIpc) is 3.10. The van der Waals surface area contributed by atoms with E-state index in [4.69, 9.17) is 4.74 Å². The van der Waals surface area contributed by atoms with Crippen LogP contribution in [0.4, 0.5) is 10.1 Å². The van der Waals surface area contributed by atoms with Gasteiger partial charge in [0.2, 0.25) is 0 Å². The maximum Gasteiger partial charge on any atom is 0.262 e. The van der Waals surface area contributed by atoms with Crippen LogP contribution in [0.2, 0.25) is 0 Å². The van der Waals surface area contributed by atoms with Gasteiger partial charge in [-0.25, -0.2) is 4.39 Å². The second-order valence-electron chi connectivity index (χ2n) is 4.93. The quantitative estimate of drug-likeness (QED) is 0.872. The minimum atomic E-state index is -0.458. The summed E-state index contributed by atoms with van der Waals surface area (Å²) in [4.78, 5) is 12.0. The monoisotopic (exact) mass is 349 g/mol. The van der Waals surface area contributed by atoms with Crippen molar-refractivity contribution < 1.29 is 13.9 Å². The van der Waals surface area contributed by atoms with Crippen molar-refractivity contribution in [1.82, 2.24) is 0 Å². The van der Waals surface area contributed by atoms with Crippen molar-refractivity contribution in [2.24, 2.45) is 0 Å². The van der Waals surface area contributed by atoms with E-state index in [-0.39, 0.29) is 18.2 Å². The number of thioether (sulfide) groups is 2. The number of anilines is 1. The van der Waals surface area contributed by atoms with Crippen molar-refractivity contribution >= 4 is 35.1 Å². The van der Waals surface area contributed by atoms with Crippen LogP contribution in [0.15, 0.2) is 48.5 Å². The second kappa shape index (κ2) is 7.75. The van der Waals surface area contributed by atoms with Gasteiger partial charge < -0.3 is 10.1 Å². The molecule has 120 valence electrons. The zero-order valence-corrected chi connectivity index (χ0v) is 14.0. The van der Waals surface area contributed by atoms with E-state index in [0.717, 1.165) is 17.1 Å². The molecule has 0 spiro atoms. The third kappa shape index (κ3) is 4.20. The molecular weight excluding hydrogens is 333 g/mol. The van der Waals surface area contributed by atoms with Crippen molar-refractivity contribution in [1.29, 1.82) is 0 Å². The fourth-order valence-corrected chi connectivity index (χ4v) is 5.15. The summed E-state index contributed by atoms with van der Waals surface area (Å²) in [5.41, 5.74) is 1.26. The van der Waals surface area contributed by atoms with Crippen LogP contribution in [0.25, 0.3) is 0 Å². The Morgan fingerprint density at radius 3 is 2.61 bits per heavy atom. The molecule has 23 heavy (non-hydrogen) atoms. The average molecular weight is 349 g/mol. The molecule has 0 aromatic heterocycles. The van der Waals surface area contributed by atoms with Crippen molar-refractivity contribution in [2.75, 3.05) is 23.4 Å². The van der Waals surface area contributed by atoms with E-state index in [1.807, 2.05) is 47.8 Å². The highest BCUT2D eigenvalue weighted by atomic mass is 32.2. The number of amides is 1. The zero-order chi connectivity index (χ0) is 16.1. The first kappa shape index (κ1) is 16.2. The van der Waals surface area contributed by atoms with Crippen molar-refractivity contribution in [3.8, 4) is 5.75 Å². The van der Waals surface area contributed by atoms with Crippen molar-refractivity contribution in [3.63, 3.8) is 0 Å². The minimum absolute atomic E-state index is 0.145. The molecule has 6 heteroatoms. The van der Waals surface area contributed by atoms with E-state index in [9.17, 15) is 9.18 Å². The standard InChI is InChI=1S/C17H16FNO2S2/c18-13-6-2-3-7-14(13)19-16(20)11-21-15-8-4-1-5-12(15)17-22-9-10-23-17/h1-8,17H,9-11H2,(H,19,20). The van der Waals surface area contributed by atoms with Crippen LogP contribution in [-0.2, 0) is 4.79 Å². The van der Waals surface area contributed by atoms with Gasteiger partial charge in [0.1, 0.15) is 11.6 Å². The van der Waals surface area contributed by atoms with E-state index in [2.05, 4.69) is 5.32 Å². The van der Waals surface area contributed by atoms with Gasteiger partial charge in [-0.15, -0.1) is 23.5 Å². The first-order valence-electron chi connectivity index (χ1n) is 7.23. The van der Waals surface area contributed by atoms with E-state index < -0.39 is 5.82 Å². The van der Waals surface area contributed by atoms with Crippen LogP contribution in [0.3, 0.4) is 0 Å². The lowest BCUT2D eigenvalue weighted by Crippen LogP contribution is -2.21. The Morgan fingerprint density at radius 1 is 1.13 bits per heavy atom. The number of carbonyl (C=O) groups excluding carboxylic acids is 1. The molecule has 1 N–H and O–H groups in total. The molecule has 1 aliphatic rings. The molecule has 0 unspecified atom stereocenters. The van der Waals surface area contributed by atoms with Gasteiger partial charge in [-0.05, 0) is 18.2 Å². The number of carbonyl (C=O) groups is 1. The third-order valence-electron chi connectivity index (χ3n) is 3.30. The summed E-state index contributed by atoms with van der Waals surface area (Å²) in [6.07, 6.45) is 0. The summed E-state index contributed by atoms with van der Waals surface area (Å²) in [5.74, 6) is 2.12. The maximum absolute atomic E-state index is 13.5. The van der Waals surface area contributed by atoms with Gasteiger partial charge in [0, 0.05) is 17.1 Å². The number of ether oxygens (including phenoxy) is 1. The molecule has 2 aromatic rings. The SMILES string of the molecule is O=C(COc1ccccc1C1SCCS1)Nc1ccccc1F. The zero-order valence-electron chi connectivity index (χ0n) is 12.3. The fourth-order valence-electron chi connectivity index (χ4n) is 2.24. The highest BCUT2D eigenvalue weighted by molar-refractivity contribution is 8.19. The molecule has 0 radical (unpaired) electrons. The Morgan fingerprint density at radius 2 is 1.83 bits per heavy atom. The summed E-state index contributed by atoms with van der Waals surface area (Å²) < 4.78 is 19.5. The molecule has 0 bridgehead atoms. The second-order valence-corrected chi connectivity index (χ2v) is 7.65. The molecule has 1 heterocycles.